The highest BCUT2D eigenvalue weighted by Crippen LogP contribution is 2.49. The normalized spacial score (nSPS) is 16.9. The molecule has 1 unspecified atom stereocenters. The standard InChI is InChI=1S/C70H78N2O2/c1-10-14-18-28-50(7)71(64-37-25-35-57(49(6)27-15-11-2)69(64)73-46-45-53-29-19-16-20-30-53)52(9)58-42-40-56-41-44-63(62-43-39-54(13-4)66(58)67(56)62)72(51(8)47-48(5)12-3)65-38-26-36-61-60-34-24-23-33-59(68(60)74-70(61)65)55-31-21-17-22-32-55/h10-15,18,24-28,33-44,47,49,53,55H,2,7,9,16-17,19-23,29-32,45-46H2,1,3-6,8H3/b14-10+,27-15-,28-18-,48-12-,51-47+,54-13-. The summed E-state index contributed by atoms with van der Waals surface area (Å²) in [6, 6.07) is 26.9. The first-order valence-electron chi connectivity index (χ1n) is 27.7. The molecular formula is C70H78N2O2. The van der Waals surface area contributed by atoms with Gasteiger partial charge in [0.15, 0.2) is 5.58 Å². The molecule has 0 bridgehead atoms. The van der Waals surface area contributed by atoms with E-state index >= 15 is 0 Å². The molecule has 74 heavy (non-hydrogen) atoms. The maximum absolute atomic E-state index is 7.28. The van der Waals surface area contributed by atoms with Crippen LogP contribution in [0.4, 0.5) is 17.1 Å². The van der Waals surface area contributed by atoms with Crippen molar-refractivity contribution in [3.63, 3.8) is 0 Å². The van der Waals surface area contributed by atoms with Crippen LogP contribution in [0.1, 0.15) is 147 Å². The van der Waals surface area contributed by atoms with Gasteiger partial charge in [-0.3, -0.25) is 0 Å². The number of hydrogen-bond donors (Lipinski definition) is 0. The lowest BCUT2D eigenvalue weighted by Crippen LogP contribution is -2.22. The van der Waals surface area contributed by atoms with Crippen molar-refractivity contribution >= 4 is 73.0 Å². The van der Waals surface area contributed by atoms with Gasteiger partial charge in [-0.1, -0.05) is 205 Å². The number of para-hydroxylation sites is 2. The van der Waals surface area contributed by atoms with Crippen LogP contribution in [-0.4, -0.2) is 6.61 Å². The van der Waals surface area contributed by atoms with Gasteiger partial charge in [0.2, 0.25) is 0 Å². The molecular weight excluding hydrogens is 901 g/mol. The number of furan rings is 1. The smallest absolute Gasteiger partial charge is 0.159 e. The highest BCUT2D eigenvalue weighted by atomic mass is 16.5. The van der Waals surface area contributed by atoms with Crippen LogP contribution in [0.3, 0.4) is 0 Å². The highest BCUT2D eigenvalue weighted by molar-refractivity contribution is 6.19. The monoisotopic (exact) mass is 979 g/mol. The third-order valence-corrected chi connectivity index (χ3v) is 16.0. The van der Waals surface area contributed by atoms with E-state index in [1.165, 1.54) is 86.3 Å². The van der Waals surface area contributed by atoms with E-state index in [0.29, 0.717) is 18.4 Å². The van der Waals surface area contributed by atoms with Gasteiger partial charge in [0.1, 0.15) is 11.5 Å². The summed E-state index contributed by atoms with van der Waals surface area (Å²) in [6.07, 6.45) is 42.8. The van der Waals surface area contributed by atoms with Crippen LogP contribution in [0.15, 0.2) is 181 Å². The molecule has 3 aliphatic rings. The molecule has 2 fully saturated rings. The van der Waals surface area contributed by atoms with Gasteiger partial charge in [-0.15, -0.1) is 0 Å². The summed E-state index contributed by atoms with van der Waals surface area (Å²) in [4.78, 5) is 4.66. The maximum atomic E-state index is 7.28. The number of rotatable bonds is 18. The Labute approximate surface area is 442 Å². The summed E-state index contributed by atoms with van der Waals surface area (Å²) in [5.41, 5.74) is 12.6. The van der Waals surface area contributed by atoms with Crippen LogP contribution in [0.5, 0.6) is 5.75 Å². The molecule has 6 aromatic rings. The molecule has 1 aromatic heterocycles. The quantitative estimate of drug-likeness (QED) is 0.0803. The van der Waals surface area contributed by atoms with Crippen molar-refractivity contribution in [1.29, 1.82) is 0 Å². The zero-order valence-corrected chi connectivity index (χ0v) is 45.2. The molecule has 0 radical (unpaired) electrons. The fourth-order valence-electron chi connectivity index (χ4n) is 12.1. The molecule has 0 aliphatic heterocycles. The van der Waals surface area contributed by atoms with E-state index in [2.05, 4.69) is 178 Å². The Morgan fingerprint density at radius 3 is 2.31 bits per heavy atom. The number of nitrogens with zero attached hydrogens (tertiary/aromatic N) is 2. The van der Waals surface area contributed by atoms with Crippen LogP contribution < -0.4 is 19.8 Å². The van der Waals surface area contributed by atoms with E-state index in [1.807, 2.05) is 31.2 Å². The SMILES string of the molecule is C=C/C=C\C(C)c1cccc(N(C(=C)/C=C\C=C\C)C(=C)c2ccc3ccc(N(/C(C)=C/C(C)=C\C)c4cccc5c6c(oc45)C(C4CCCCC4)=CCC=C6)c4cc/c(=C/C)c2c34)c1OCCC1CCCCC1. The fourth-order valence-corrected chi connectivity index (χ4v) is 12.1. The Hall–Kier alpha value is -7.04. The van der Waals surface area contributed by atoms with Crippen molar-refractivity contribution in [3.8, 4) is 5.75 Å². The molecule has 1 atom stereocenters. The van der Waals surface area contributed by atoms with Crippen molar-refractivity contribution in [2.45, 2.75) is 125 Å². The number of ether oxygens (including phenoxy) is 1. The highest BCUT2D eigenvalue weighted by Gasteiger charge is 2.30. The van der Waals surface area contributed by atoms with Crippen molar-refractivity contribution in [2.75, 3.05) is 16.4 Å². The summed E-state index contributed by atoms with van der Waals surface area (Å²) >= 11 is 0. The predicted octanol–water partition coefficient (Wildman–Crippen LogP) is 20.0. The lowest BCUT2D eigenvalue weighted by molar-refractivity contribution is 0.245. The van der Waals surface area contributed by atoms with Gasteiger partial charge in [0.05, 0.1) is 23.7 Å². The van der Waals surface area contributed by atoms with Crippen LogP contribution in [0, 0.1) is 11.8 Å². The Morgan fingerprint density at radius 1 is 0.797 bits per heavy atom. The lowest BCUT2D eigenvalue weighted by atomic mass is 9.82. The first-order chi connectivity index (χ1) is 36.2. The second-order valence-corrected chi connectivity index (χ2v) is 20.9. The third-order valence-electron chi connectivity index (χ3n) is 16.0. The summed E-state index contributed by atoms with van der Waals surface area (Å²) in [5, 5.41) is 6.92. The number of allylic oxidation sites excluding steroid dienone is 14. The van der Waals surface area contributed by atoms with Gasteiger partial charge in [0.25, 0.3) is 0 Å². The van der Waals surface area contributed by atoms with Gasteiger partial charge < -0.3 is 19.0 Å². The van der Waals surface area contributed by atoms with Gasteiger partial charge in [-0.05, 0) is 129 Å². The minimum atomic E-state index is 0.0769. The molecule has 0 spiro atoms. The minimum absolute atomic E-state index is 0.0769. The molecule has 3 aliphatic carbocycles. The van der Waals surface area contributed by atoms with Gasteiger partial charge in [-0.25, -0.2) is 0 Å². The Kier molecular flexibility index (Phi) is 16.7. The number of hydrogen-bond acceptors (Lipinski definition) is 4. The largest absolute Gasteiger partial charge is 0.491 e. The maximum Gasteiger partial charge on any atom is 0.159 e. The topological polar surface area (TPSA) is 28.9 Å². The van der Waals surface area contributed by atoms with Gasteiger partial charge >= 0.3 is 0 Å². The van der Waals surface area contributed by atoms with E-state index in [1.54, 1.807) is 0 Å². The van der Waals surface area contributed by atoms with E-state index in [9.17, 15) is 0 Å². The average molecular weight is 979 g/mol. The molecule has 0 saturated heterocycles. The van der Waals surface area contributed by atoms with Crippen LogP contribution in [-0.2, 0) is 0 Å². The van der Waals surface area contributed by atoms with Crippen LogP contribution in [0.25, 0.3) is 55.9 Å². The second-order valence-electron chi connectivity index (χ2n) is 20.9. The molecule has 5 aromatic carbocycles. The third kappa shape index (κ3) is 10.7. The van der Waals surface area contributed by atoms with Crippen molar-refractivity contribution in [3.05, 3.63) is 204 Å². The Morgan fingerprint density at radius 2 is 1.55 bits per heavy atom. The predicted molar refractivity (Wildman–Crippen MR) is 322 cm³/mol. The molecule has 2 saturated carbocycles. The summed E-state index contributed by atoms with van der Waals surface area (Å²) in [5.74, 6) is 3.20. The first kappa shape index (κ1) is 51.8. The Balaban J connectivity index is 1.23. The number of anilines is 3. The zero-order chi connectivity index (χ0) is 51.7. The van der Waals surface area contributed by atoms with Gasteiger partial charge in [0, 0.05) is 50.5 Å². The molecule has 9 rings (SSSR count). The van der Waals surface area contributed by atoms with Crippen LogP contribution >= 0.6 is 0 Å². The molecule has 380 valence electrons. The van der Waals surface area contributed by atoms with E-state index in [4.69, 9.17) is 22.3 Å². The molecule has 4 nitrogen and oxygen atoms in total. The summed E-state index contributed by atoms with van der Waals surface area (Å²) in [6.45, 7) is 27.3. The first-order valence-corrected chi connectivity index (χ1v) is 27.7. The molecule has 4 heteroatoms. The molecule has 0 N–H and O–H groups in total. The summed E-state index contributed by atoms with van der Waals surface area (Å²) < 4.78 is 14.4. The number of fused-ring (bicyclic) bond motifs is 3. The van der Waals surface area contributed by atoms with E-state index < -0.39 is 0 Å². The fraction of sp³-hybridized carbons (Fsp3) is 0.314. The lowest BCUT2D eigenvalue weighted by Gasteiger charge is -2.32. The Bertz CT molecular complexity index is 3330. The zero-order valence-electron chi connectivity index (χ0n) is 45.2. The second kappa shape index (κ2) is 23.9. The molecule has 0 amide bonds. The number of benzene rings is 5. The van der Waals surface area contributed by atoms with Gasteiger partial charge in [-0.2, -0.15) is 0 Å². The van der Waals surface area contributed by atoms with E-state index in [0.717, 1.165) is 102 Å². The minimum Gasteiger partial charge on any atom is -0.491 e. The van der Waals surface area contributed by atoms with E-state index in [-0.39, 0.29) is 5.92 Å². The van der Waals surface area contributed by atoms with Crippen molar-refractivity contribution in [2.24, 2.45) is 11.8 Å². The molecule has 1 heterocycles. The summed E-state index contributed by atoms with van der Waals surface area (Å²) in [7, 11) is 0. The average Bonchev–Trinajstić information content (AvgIpc) is 3.67. The van der Waals surface area contributed by atoms with Crippen LogP contribution in [0.2, 0.25) is 0 Å². The van der Waals surface area contributed by atoms with Crippen molar-refractivity contribution in [1.82, 2.24) is 0 Å². The van der Waals surface area contributed by atoms with Crippen molar-refractivity contribution < 1.29 is 9.15 Å².